The molecule has 0 aromatic carbocycles. The maximum absolute atomic E-state index is 12.4. The lowest BCUT2D eigenvalue weighted by Crippen LogP contribution is -2.41. The predicted octanol–water partition coefficient (Wildman–Crippen LogP) is 2.36. The Morgan fingerprint density at radius 2 is 2.00 bits per heavy atom. The topological polar surface area (TPSA) is 67.2 Å². The number of nitrogens with zero attached hydrogens (tertiary/aromatic N) is 3. The highest BCUT2D eigenvalue weighted by Crippen LogP contribution is 2.25. The average molecular weight is 320 g/mol. The first-order chi connectivity index (χ1) is 10.8. The van der Waals surface area contributed by atoms with Gasteiger partial charge in [0.1, 0.15) is 11.5 Å². The second kappa shape index (κ2) is 7.15. The number of amides is 2. The van der Waals surface area contributed by atoms with Gasteiger partial charge in [0.25, 0.3) is 5.91 Å². The summed E-state index contributed by atoms with van der Waals surface area (Å²) in [6.45, 7) is 11.4. The molecule has 1 aliphatic heterocycles. The number of hydrogen-bond acceptors (Lipinski definition) is 3. The Bertz CT molecular complexity index is 577. The summed E-state index contributed by atoms with van der Waals surface area (Å²) in [4.78, 5) is 30.9. The van der Waals surface area contributed by atoms with Crippen LogP contribution >= 0.6 is 0 Å². The van der Waals surface area contributed by atoms with Gasteiger partial charge in [-0.25, -0.2) is 4.98 Å². The number of fused-ring (bicyclic) bond motifs is 1. The molecule has 2 heterocycles. The molecule has 23 heavy (non-hydrogen) atoms. The molecule has 6 nitrogen and oxygen atoms in total. The fraction of sp³-hybridized carbons (Fsp3) is 0.706. The molecule has 0 radical (unpaired) electrons. The summed E-state index contributed by atoms with van der Waals surface area (Å²) in [7, 11) is 0. The van der Waals surface area contributed by atoms with Gasteiger partial charge >= 0.3 is 0 Å². The van der Waals surface area contributed by atoms with E-state index in [1.165, 1.54) is 0 Å². The van der Waals surface area contributed by atoms with Crippen LogP contribution in [0.2, 0.25) is 0 Å². The van der Waals surface area contributed by atoms with Crippen LogP contribution in [-0.4, -0.2) is 38.9 Å². The SMILES string of the molecule is CC(C)CCC(=O)N1CCn2cc(C(=O)NC(C)C)nc2C1C. The minimum Gasteiger partial charge on any atom is -0.348 e. The van der Waals surface area contributed by atoms with Gasteiger partial charge in [-0.1, -0.05) is 13.8 Å². The van der Waals surface area contributed by atoms with Crippen molar-refractivity contribution in [3.63, 3.8) is 0 Å². The molecule has 1 aliphatic rings. The van der Waals surface area contributed by atoms with E-state index in [1.54, 1.807) is 6.20 Å². The summed E-state index contributed by atoms with van der Waals surface area (Å²) in [6.07, 6.45) is 3.27. The second-order valence-corrected chi connectivity index (χ2v) is 7.00. The van der Waals surface area contributed by atoms with E-state index in [9.17, 15) is 9.59 Å². The van der Waals surface area contributed by atoms with Gasteiger partial charge in [-0.05, 0) is 33.1 Å². The van der Waals surface area contributed by atoms with Crippen LogP contribution in [0.4, 0.5) is 0 Å². The zero-order chi connectivity index (χ0) is 17.1. The molecule has 1 unspecified atom stereocenters. The van der Waals surface area contributed by atoms with Gasteiger partial charge in [0.2, 0.25) is 5.91 Å². The van der Waals surface area contributed by atoms with Crippen molar-refractivity contribution in [3.05, 3.63) is 17.7 Å². The highest BCUT2D eigenvalue weighted by Gasteiger charge is 2.30. The number of aromatic nitrogens is 2. The van der Waals surface area contributed by atoms with Crippen LogP contribution < -0.4 is 5.32 Å². The fourth-order valence-electron chi connectivity index (χ4n) is 2.83. The predicted molar refractivity (Wildman–Crippen MR) is 89.0 cm³/mol. The van der Waals surface area contributed by atoms with Crippen molar-refractivity contribution in [2.24, 2.45) is 5.92 Å². The molecular formula is C17H28N4O2. The summed E-state index contributed by atoms with van der Waals surface area (Å²) in [5.41, 5.74) is 0.428. The third-order valence-corrected chi connectivity index (χ3v) is 4.14. The normalized spacial score (nSPS) is 17.5. The molecule has 1 N–H and O–H groups in total. The number of carbonyl (C=O) groups excluding carboxylic acids is 2. The summed E-state index contributed by atoms with van der Waals surface area (Å²) in [5.74, 6) is 1.33. The second-order valence-electron chi connectivity index (χ2n) is 7.00. The van der Waals surface area contributed by atoms with Gasteiger partial charge < -0.3 is 14.8 Å². The van der Waals surface area contributed by atoms with Gasteiger partial charge in [-0.2, -0.15) is 0 Å². The van der Waals surface area contributed by atoms with E-state index in [-0.39, 0.29) is 23.9 Å². The van der Waals surface area contributed by atoms with Gasteiger partial charge in [-0.3, -0.25) is 9.59 Å². The number of hydrogen-bond donors (Lipinski definition) is 1. The van der Waals surface area contributed by atoms with Gasteiger partial charge in [0, 0.05) is 31.7 Å². The van der Waals surface area contributed by atoms with Crippen molar-refractivity contribution in [3.8, 4) is 0 Å². The third kappa shape index (κ3) is 4.12. The third-order valence-electron chi connectivity index (χ3n) is 4.14. The summed E-state index contributed by atoms with van der Waals surface area (Å²) in [6, 6.07) is -0.0169. The van der Waals surface area contributed by atoms with E-state index in [0.717, 1.165) is 12.2 Å². The molecule has 128 valence electrons. The lowest BCUT2D eigenvalue weighted by atomic mass is 10.1. The first kappa shape index (κ1) is 17.5. The number of rotatable bonds is 5. The largest absolute Gasteiger partial charge is 0.348 e. The Labute approximate surface area is 138 Å². The van der Waals surface area contributed by atoms with Crippen LogP contribution in [0.3, 0.4) is 0 Å². The van der Waals surface area contributed by atoms with Crippen LogP contribution in [-0.2, 0) is 11.3 Å². The Kier molecular flexibility index (Phi) is 5.44. The molecule has 6 heteroatoms. The molecule has 0 saturated heterocycles. The number of nitrogens with one attached hydrogen (secondary N) is 1. The monoisotopic (exact) mass is 320 g/mol. The van der Waals surface area contributed by atoms with E-state index in [4.69, 9.17) is 0 Å². The van der Waals surface area contributed by atoms with Crippen molar-refractivity contribution in [2.75, 3.05) is 6.54 Å². The van der Waals surface area contributed by atoms with Crippen molar-refractivity contribution in [1.29, 1.82) is 0 Å². The molecule has 2 rings (SSSR count). The molecule has 2 amide bonds. The Hall–Kier alpha value is -1.85. The van der Waals surface area contributed by atoms with E-state index < -0.39 is 0 Å². The minimum atomic E-state index is -0.160. The summed E-state index contributed by atoms with van der Waals surface area (Å²) in [5, 5.41) is 2.85. The van der Waals surface area contributed by atoms with Crippen LogP contribution in [0.1, 0.15) is 69.8 Å². The van der Waals surface area contributed by atoms with Crippen molar-refractivity contribution in [1.82, 2.24) is 19.8 Å². The molecule has 0 bridgehead atoms. The Morgan fingerprint density at radius 3 is 2.61 bits per heavy atom. The molecule has 0 spiro atoms. The standard InChI is InChI=1S/C17H28N4O2/c1-11(2)6-7-15(22)21-9-8-20-10-14(17(23)18-12(3)4)19-16(20)13(21)5/h10-13H,6-9H2,1-5H3,(H,18,23). The summed E-state index contributed by atoms with van der Waals surface area (Å²) >= 11 is 0. The van der Waals surface area contributed by atoms with E-state index in [1.807, 2.05) is 30.2 Å². The first-order valence-electron chi connectivity index (χ1n) is 8.47. The van der Waals surface area contributed by atoms with Crippen molar-refractivity contribution in [2.45, 2.75) is 66.1 Å². The maximum Gasteiger partial charge on any atom is 0.271 e. The van der Waals surface area contributed by atoms with Crippen LogP contribution in [0.5, 0.6) is 0 Å². The average Bonchev–Trinajstić information content (AvgIpc) is 2.89. The molecule has 1 aromatic heterocycles. The van der Waals surface area contributed by atoms with Gasteiger partial charge in [0.05, 0.1) is 6.04 Å². The quantitative estimate of drug-likeness (QED) is 0.905. The number of carbonyl (C=O) groups is 2. The van der Waals surface area contributed by atoms with E-state index in [2.05, 4.69) is 24.1 Å². The van der Waals surface area contributed by atoms with Gasteiger partial charge in [-0.15, -0.1) is 0 Å². The molecule has 0 saturated carbocycles. The lowest BCUT2D eigenvalue weighted by Gasteiger charge is -2.34. The Balaban J connectivity index is 2.10. The van der Waals surface area contributed by atoms with E-state index >= 15 is 0 Å². The van der Waals surface area contributed by atoms with Crippen LogP contribution in [0, 0.1) is 5.92 Å². The fourth-order valence-corrected chi connectivity index (χ4v) is 2.83. The molecule has 1 atom stereocenters. The highest BCUT2D eigenvalue weighted by molar-refractivity contribution is 5.92. The molecule has 1 aromatic rings. The smallest absolute Gasteiger partial charge is 0.271 e. The van der Waals surface area contributed by atoms with Crippen molar-refractivity contribution < 1.29 is 9.59 Å². The van der Waals surface area contributed by atoms with Crippen LogP contribution in [0.25, 0.3) is 0 Å². The minimum absolute atomic E-state index is 0.0766. The lowest BCUT2D eigenvalue weighted by molar-refractivity contribution is -0.134. The number of imidazole rings is 1. The van der Waals surface area contributed by atoms with Gasteiger partial charge in [0.15, 0.2) is 0 Å². The zero-order valence-corrected chi connectivity index (χ0v) is 14.8. The first-order valence-corrected chi connectivity index (χ1v) is 8.47. The highest BCUT2D eigenvalue weighted by atomic mass is 16.2. The van der Waals surface area contributed by atoms with Crippen molar-refractivity contribution >= 4 is 11.8 Å². The maximum atomic E-state index is 12.4. The molecule has 0 fully saturated rings. The summed E-state index contributed by atoms with van der Waals surface area (Å²) < 4.78 is 1.99. The molecule has 0 aliphatic carbocycles. The van der Waals surface area contributed by atoms with E-state index in [0.29, 0.717) is 31.1 Å². The van der Waals surface area contributed by atoms with Crippen LogP contribution in [0.15, 0.2) is 6.20 Å². The Morgan fingerprint density at radius 1 is 1.30 bits per heavy atom. The zero-order valence-electron chi connectivity index (χ0n) is 14.8. The molecular weight excluding hydrogens is 292 g/mol.